The molecule has 7 nitrogen and oxygen atoms in total. The van der Waals surface area contributed by atoms with Crippen molar-refractivity contribution in [3.63, 3.8) is 0 Å². The van der Waals surface area contributed by atoms with Crippen LogP contribution >= 0.6 is 0 Å². The van der Waals surface area contributed by atoms with Gasteiger partial charge in [-0.15, -0.1) is 0 Å². The summed E-state index contributed by atoms with van der Waals surface area (Å²) in [5, 5.41) is 0. The molecule has 3 aromatic rings. The molecule has 0 saturated carbocycles. The van der Waals surface area contributed by atoms with Gasteiger partial charge in [0.2, 0.25) is 0 Å². The molecule has 0 atom stereocenters. The van der Waals surface area contributed by atoms with E-state index in [4.69, 9.17) is 9.72 Å². The smallest absolute Gasteiger partial charge is 0.409 e. The highest BCUT2D eigenvalue weighted by molar-refractivity contribution is 5.73. The highest BCUT2D eigenvalue weighted by Crippen LogP contribution is 2.25. The first-order chi connectivity index (χ1) is 14.5. The zero-order chi connectivity index (χ0) is 21.1. The van der Waals surface area contributed by atoms with Crippen LogP contribution < -0.4 is 0 Å². The van der Waals surface area contributed by atoms with Gasteiger partial charge in [-0.2, -0.15) is 0 Å². The molecule has 0 N–H and O–H groups in total. The Balaban J connectivity index is 1.55. The lowest BCUT2D eigenvalue weighted by atomic mass is 9.93. The molecule has 1 fully saturated rings. The number of benzene rings is 1. The van der Waals surface area contributed by atoms with Gasteiger partial charge in [-0.25, -0.2) is 24.1 Å². The van der Waals surface area contributed by atoms with Crippen LogP contribution in [0.5, 0.6) is 0 Å². The van der Waals surface area contributed by atoms with Crippen molar-refractivity contribution in [1.82, 2.24) is 24.4 Å². The van der Waals surface area contributed by atoms with Gasteiger partial charge in [-0.3, -0.25) is 0 Å². The number of hydrogen-bond donors (Lipinski definition) is 0. The van der Waals surface area contributed by atoms with Gasteiger partial charge in [-0.1, -0.05) is 12.1 Å². The zero-order valence-electron chi connectivity index (χ0n) is 17.3. The van der Waals surface area contributed by atoms with Crippen molar-refractivity contribution < 1.29 is 13.9 Å². The van der Waals surface area contributed by atoms with Gasteiger partial charge in [0.05, 0.1) is 18.8 Å². The lowest BCUT2D eigenvalue weighted by Crippen LogP contribution is -2.39. The van der Waals surface area contributed by atoms with Crippen LogP contribution in [-0.2, 0) is 17.7 Å². The topological polar surface area (TPSA) is 73.1 Å². The summed E-state index contributed by atoms with van der Waals surface area (Å²) < 4.78 is 20.5. The molecule has 0 spiro atoms. The fraction of sp³-hybridized carbons (Fsp3) is 0.455. The molecule has 0 bridgehead atoms. The summed E-state index contributed by atoms with van der Waals surface area (Å²) in [5.74, 6) is 1.13. The number of ether oxygens (including phenoxy) is 1. The lowest BCUT2D eigenvalue weighted by Gasteiger charge is -2.31. The third-order valence-electron chi connectivity index (χ3n) is 5.66. The van der Waals surface area contributed by atoms with E-state index in [1.165, 1.54) is 12.1 Å². The Morgan fingerprint density at radius 3 is 2.63 bits per heavy atom. The Morgan fingerprint density at radius 2 is 1.93 bits per heavy atom. The van der Waals surface area contributed by atoms with Crippen molar-refractivity contribution in [2.45, 2.75) is 39.7 Å². The molecule has 4 rings (SSSR count). The third-order valence-corrected chi connectivity index (χ3v) is 5.66. The number of fused-ring (bicyclic) bond motifs is 1. The van der Waals surface area contributed by atoms with E-state index in [0.717, 1.165) is 47.5 Å². The second-order valence-corrected chi connectivity index (χ2v) is 7.71. The second kappa shape index (κ2) is 8.77. The zero-order valence-corrected chi connectivity index (χ0v) is 17.3. The molecular weight excluding hydrogens is 385 g/mol. The fourth-order valence-corrected chi connectivity index (χ4v) is 3.98. The van der Waals surface area contributed by atoms with Crippen molar-refractivity contribution >= 4 is 17.3 Å². The van der Waals surface area contributed by atoms with Gasteiger partial charge in [0, 0.05) is 19.5 Å². The second-order valence-electron chi connectivity index (χ2n) is 7.71. The summed E-state index contributed by atoms with van der Waals surface area (Å²) in [4.78, 5) is 27.3. The number of carbonyl (C=O) groups is 1. The first-order valence-electron chi connectivity index (χ1n) is 10.4. The van der Waals surface area contributed by atoms with Gasteiger partial charge < -0.3 is 14.2 Å². The molecule has 1 saturated heterocycles. The number of aromatic nitrogens is 4. The summed E-state index contributed by atoms with van der Waals surface area (Å²) in [5.41, 5.74) is 3.44. The Hall–Kier alpha value is -3.03. The van der Waals surface area contributed by atoms with Gasteiger partial charge in [0.15, 0.2) is 5.65 Å². The third kappa shape index (κ3) is 4.27. The minimum Gasteiger partial charge on any atom is -0.450 e. The van der Waals surface area contributed by atoms with E-state index in [0.29, 0.717) is 32.2 Å². The molecule has 8 heteroatoms. The average Bonchev–Trinajstić information content (AvgIpc) is 3.09. The summed E-state index contributed by atoms with van der Waals surface area (Å²) in [6.45, 7) is 6.11. The molecule has 30 heavy (non-hydrogen) atoms. The number of hydrogen-bond acceptors (Lipinski definition) is 5. The number of halogens is 1. The van der Waals surface area contributed by atoms with Gasteiger partial charge >= 0.3 is 6.09 Å². The molecule has 1 aliphatic heterocycles. The predicted molar refractivity (Wildman–Crippen MR) is 111 cm³/mol. The SMILES string of the molecule is CCOC(=O)N1CCC(Cc2nc3c(C)ncnc3n2Cc2ccc(F)cc2)CC1. The Morgan fingerprint density at radius 1 is 1.20 bits per heavy atom. The quantitative estimate of drug-likeness (QED) is 0.640. The summed E-state index contributed by atoms with van der Waals surface area (Å²) in [6, 6.07) is 6.52. The normalized spacial score (nSPS) is 15.0. The molecule has 0 aliphatic carbocycles. The van der Waals surface area contributed by atoms with Gasteiger partial charge in [0.25, 0.3) is 0 Å². The lowest BCUT2D eigenvalue weighted by molar-refractivity contribution is 0.0916. The van der Waals surface area contributed by atoms with Crippen LogP contribution in [0.3, 0.4) is 0 Å². The van der Waals surface area contributed by atoms with Crippen LogP contribution in [0.2, 0.25) is 0 Å². The maximum Gasteiger partial charge on any atom is 0.409 e. The molecule has 1 aromatic carbocycles. The number of carbonyl (C=O) groups excluding carboxylic acids is 1. The molecule has 1 amide bonds. The van der Waals surface area contributed by atoms with Crippen molar-refractivity contribution in [3.8, 4) is 0 Å². The van der Waals surface area contributed by atoms with Crippen molar-refractivity contribution in [3.05, 3.63) is 53.5 Å². The summed E-state index contributed by atoms with van der Waals surface area (Å²) in [7, 11) is 0. The number of rotatable bonds is 5. The number of likely N-dealkylation sites (tertiary alicyclic amines) is 1. The molecule has 0 unspecified atom stereocenters. The van der Waals surface area contributed by atoms with Crippen LogP contribution in [0.4, 0.5) is 9.18 Å². The van der Waals surface area contributed by atoms with E-state index >= 15 is 0 Å². The highest BCUT2D eigenvalue weighted by Gasteiger charge is 2.26. The minimum atomic E-state index is -0.249. The monoisotopic (exact) mass is 411 g/mol. The first-order valence-corrected chi connectivity index (χ1v) is 10.4. The predicted octanol–water partition coefficient (Wildman–Crippen LogP) is 3.73. The first kappa shape index (κ1) is 20.3. The van der Waals surface area contributed by atoms with Crippen LogP contribution in [-0.4, -0.2) is 50.2 Å². The van der Waals surface area contributed by atoms with E-state index in [2.05, 4.69) is 14.5 Å². The fourth-order valence-electron chi connectivity index (χ4n) is 3.98. The molecule has 158 valence electrons. The van der Waals surface area contributed by atoms with E-state index in [1.807, 2.05) is 13.8 Å². The number of piperidine rings is 1. The molecule has 2 aromatic heterocycles. The van der Waals surface area contributed by atoms with Crippen LogP contribution in [0.15, 0.2) is 30.6 Å². The van der Waals surface area contributed by atoms with Crippen molar-refractivity contribution in [1.29, 1.82) is 0 Å². The van der Waals surface area contributed by atoms with Crippen LogP contribution in [0.1, 0.15) is 36.8 Å². The van der Waals surface area contributed by atoms with Crippen molar-refractivity contribution in [2.24, 2.45) is 5.92 Å². The van der Waals surface area contributed by atoms with Crippen LogP contribution in [0, 0.1) is 18.7 Å². The molecule has 3 heterocycles. The number of nitrogens with zero attached hydrogens (tertiary/aromatic N) is 5. The van der Waals surface area contributed by atoms with Gasteiger partial charge in [-0.05, 0) is 50.3 Å². The van der Waals surface area contributed by atoms with Crippen molar-refractivity contribution in [2.75, 3.05) is 19.7 Å². The molecular formula is C22H26FN5O2. The van der Waals surface area contributed by atoms with Crippen LogP contribution in [0.25, 0.3) is 11.2 Å². The standard InChI is InChI=1S/C22H26FN5O2/c1-3-30-22(29)27-10-8-16(9-11-27)12-19-26-20-15(2)24-14-25-21(20)28(19)13-17-4-6-18(23)7-5-17/h4-7,14,16H,3,8-13H2,1-2H3. The van der Waals surface area contributed by atoms with E-state index < -0.39 is 0 Å². The maximum absolute atomic E-state index is 13.3. The Labute approximate surface area is 174 Å². The number of amides is 1. The Kier molecular flexibility index (Phi) is 5.92. The highest BCUT2D eigenvalue weighted by atomic mass is 19.1. The Bertz CT molecular complexity index is 1030. The maximum atomic E-state index is 13.3. The number of aryl methyl sites for hydroxylation is 1. The molecule has 1 aliphatic rings. The van der Waals surface area contributed by atoms with E-state index in [9.17, 15) is 9.18 Å². The number of imidazole rings is 1. The summed E-state index contributed by atoms with van der Waals surface area (Å²) in [6.07, 6.45) is 3.94. The van der Waals surface area contributed by atoms with E-state index in [-0.39, 0.29) is 11.9 Å². The minimum absolute atomic E-state index is 0.231. The van der Waals surface area contributed by atoms with Gasteiger partial charge in [0.1, 0.15) is 23.5 Å². The largest absolute Gasteiger partial charge is 0.450 e. The van der Waals surface area contributed by atoms with E-state index in [1.54, 1.807) is 23.4 Å². The average molecular weight is 411 g/mol. The summed E-state index contributed by atoms with van der Waals surface area (Å²) >= 11 is 0. The molecule has 0 radical (unpaired) electrons.